The zero-order valence-corrected chi connectivity index (χ0v) is 14.0. The molecule has 4 nitrogen and oxygen atoms in total. The molecule has 1 aromatic heterocycles. The van der Waals surface area contributed by atoms with E-state index < -0.39 is 0 Å². The Morgan fingerprint density at radius 2 is 1.91 bits per heavy atom. The maximum absolute atomic E-state index is 11.1. The lowest BCUT2D eigenvalue weighted by Crippen LogP contribution is -2.13. The lowest BCUT2D eigenvalue weighted by molar-refractivity contribution is -0.117. The van der Waals surface area contributed by atoms with Crippen molar-refractivity contribution in [2.75, 3.05) is 0 Å². The Labute approximate surface area is 143 Å². The maximum Gasteiger partial charge on any atom is 0.221 e. The Morgan fingerprint density at radius 3 is 2.57 bits per heavy atom. The number of hydrogen-bond donors (Lipinski definition) is 1. The lowest BCUT2D eigenvalue weighted by atomic mass is 10.1. The Balaban J connectivity index is 2.08. The van der Waals surface area contributed by atoms with Crippen LogP contribution in [0.3, 0.4) is 0 Å². The molecule has 0 aliphatic carbocycles. The van der Waals surface area contributed by atoms with Crippen molar-refractivity contribution in [1.82, 2.24) is 9.78 Å². The first-order valence-corrected chi connectivity index (χ1v) is 7.88. The molecular weight excluding hydrogens is 333 g/mol. The Morgan fingerprint density at radius 1 is 1.22 bits per heavy atom. The van der Waals surface area contributed by atoms with Gasteiger partial charge in [0.25, 0.3) is 0 Å². The van der Waals surface area contributed by atoms with Crippen LogP contribution in [0.25, 0.3) is 10.9 Å². The molecule has 0 saturated heterocycles. The minimum atomic E-state index is -0.360. The van der Waals surface area contributed by atoms with Gasteiger partial charge in [-0.1, -0.05) is 41.4 Å². The van der Waals surface area contributed by atoms with Crippen LogP contribution >= 0.6 is 23.2 Å². The van der Waals surface area contributed by atoms with Gasteiger partial charge in [-0.05, 0) is 30.7 Å². The van der Waals surface area contributed by atoms with Gasteiger partial charge in [0.1, 0.15) is 0 Å². The molecule has 0 radical (unpaired) electrons. The molecule has 0 fully saturated rings. The van der Waals surface area contributed by atoms with Crippen LogP contribution in [0.1, 0.15) is 16.8 Å². The summed E-state index contributed by atoms with van der Waals surface area (Å²) in [5.41, 5.74) is 8.80. The van der Waals surface area contributed by atoms with Gasteiger partial charge in [-0.2, -0.15) is 5.10 Å². The number of rotatable bonds is 4. The molecule has 0 bridgehead atoms. The highest BCUT2D eigenvalue weighted by Gasteiger charge is 2.12. The third kappa shape index (κ3) is 3.19. The Bertz CT molecular complexity index is 882. The fourth-order valence-corrected chi connectivity index (χ4v) is 3.17. The molecule has 0 unspecified atom stereocenters. The van der Waals surface area contributed by atoms with E-state index in [1.165, 1.54) is 0 Å². The molecule has 0 spiro atoms. The fraction of sp³-hybridized carbons (Fsp3) is 0.176. The van der Waals surface area contributed by atoms with Gasteiger partial charge in [-0.25, -0.2) is 0 Å². The topological polar surface area (TPSA) is 60.9 Å². The molecule has 3 rings (SSSR count). The predicted octanol–water partition coefficient (Wildman–Crippen LogP) is 3.73. The summed E-state index contributed by atoms with van der Waals surface area (Å²) in [7, 11) is 0. The van der Waals surface area contributed by atoms with Gasteiger partial charge in [0.2, 0.25) is 5.91 Å². The molecule has 6 heteroatoms. The fourth-order valence-electron chi connectivity index (χ4n) is 2.65. The van der Waals surface area contributed by atoms with E-state index in [4.69, 9.17) is 28.9 Å². The van der Waals surface area contributed by atoms with Gasteiger partial charge in [0.05, 0.1) is 24.2 Å². The number of aryl methyl sites for hydroxylation is 1. The summed E-state index contributed by atoms with van der Waals surface area (Å²) in [5, 5.41) is 6.81. The van der Waals surface area contributed by atoms with Crippen LogP contribution in [0.15, 0.2) is 36.4 Å². The first kappa shape index (κ1) is 15.8. The molecule has 0 aliphatic rings. The van der Waals surface area contributed by atoms with Crippen LogP contribution in [0.2, 0.25) is 10.0 Å². The second-order valence-electron chi connectivity index (χ2n) is 5.44. The van der Waals surface area contributed by atoms with Gasteiger partial charge in [0, 0.05) is 21.0 Å². The lowest BCUT2D eigenvalue weighted by Gasteiger charge is -2.09. The molecule has 3 aromatic rings. The average molecular weight is 348 g/mol. The van der Waals surface area contributed by atoms with Crippen molar-refractivity contribution in [3.05, 3.63) is 63.3 Å². The third-order valence-corrected chi connectivity index (χ3v) is 4.46. The molecule has 1 heterocycles. The van der Waals surface area contributed by atoms with Crippen molar-refractivity contribution in [2.24, 2.45) is 5.73 Å². The number of nitrogens with zero attached hydrogens (tertiary/aromatic N) is 2. The number of benzene rings is 2. The Hall–Kier alpha value is -2.04. The summed E-state index contributed by atoms with van der Waals surface area (Å²) in [6.07, 6.45) is 0.201. The molecule has 0 saturated carbocycles. The molecule has 1 amide bonds. The number of amides is 1. The van der Waals surface area contributed by atoms with Crippen molar-refractivity contribution in [3.63, 3.8) is 0 Å². The molecule has 23 heavy (non-hydrogen) atoms. The van der Waals surface area contributed by atoms with E-state index in [-0.39, 0.29) is 12.3 Å². The SMILES string of the molecule is Cc1nn(Cc2c(Cl)cccc2Cl)c2cc(CC(N)=O)ccc12. The minimum Gasteiger partial charge on any atom is -0.369 e. The Kier molecular flexibility index (Phi) is 4.28. The van der Waals surface area contributed by atoms with Crippen LogP contribution in [0.4, 0.5) is 0 Å². The minimum absolute atomic E-state index is 0.201. The number of carbonyl (C=O) groups is 1. The van der Waals surface area contributed by atoms with Crippen LogP contribution in [-0.4, -0.2) is 15.7 Å². The van der Waals surface area contributed by atoms with Gasteiger partial charge in [-0.3, -0.25) is 9.48 Å². The van der Waals surface area contributed by atoms with Crippen molar-refractivity contribution >= 4 is 40.0 Å². The zero-order chi connectivity index (χ0) is 16.6. The summed E-state index contributed by atoms with van der Waals surface area (Å²) in [4.78, 5) is 11.1. The van der Waals surface area contributed by atoms with E-state index in [2.05, 4.69) is 5.10 Å². The summed E-state index contributed by atoms with van der Waals surface area (Å²) in [6.45, 7) is 2.41. The quantitative estimate of drug-likeness (QED) is 0.781. The van der Waals surface area contributed by atoms with Crippen LogP contribution < -0.4 is 5.73 Å². The highest BCUT2D eigenvalue weighted by molar-refractivity contribution is 6.36. The monoisotopic (exact) mass is 347 g/mol. The van der Waals surface area contributed by atoms with Crippen molar-refractivity contribution < 1.29 is 4.79 Å². The smallest absolute Gasteiger partial charge is 0.221 e. The van der Waals surface area contributed by atoms with E-state index in [1.807, 2.05) is 35.9 Å². The number of hydrogen-bond acceptors (Lipinski definition) is 2. The van der Waals surface area contributed by atoms with Gasteiger partial charge >= 0.3 is 0 Å². The summed E-state index contributed by atoms with van der Waals surface area (Å²) in [6, 6.07) is 11.2. The van der Waals surface area contributed by atoms with Gasteiger partial charge in [-0.15, -0.1) is 0 Å². The van der Waals surface area contributed by atoms with Gasteiger partial charge in [0.15, 0.2) is 0 Å². The van der Waals surface area contributed by atoms with Gasteiger partial charge < -0.3 is 5.73 Å². The molecule has 2 aromatic carbocycles. The number of halogens is 2. The second kappa shape index (κ2) is 6.22. The molecule has 0 aliphatic heterocycles. The molecular formula is C17H15Cl2N3O. The zero-order valence-electron chi connectivity index (χ0n) is 12.5. The summed E-state index contributed by atoms with van der Waals surface area (Å²) < 4.78 is 1.85. The number of aromatic nitrogens is 2. The first-order chi connectivity index (χ1) is 11.0. The summed E-state index contributed by atoms with van der Waals surface area (Å²) in [5.74, 6) is -0.360. The van der Waals surface area contributed by atoms with E-state index >= 15 is 0 Å². The van der Waals surface area contributed by atoms with E-state index in [1.54, 1.807) is 12.1 Å². The standard InChI is InChI=1S/C17H15Cl2N3O/c1-10-12-6-5-11(8-17(20)23)7-16(12)22(21-10)9-13-14(18)3-2-4-15(13)19/h2-7H,8-9H2,1H3,(H2,20,23). The first-order valence-electron chi connectivity index (χ1n) is 7.13. The van der Waals surface area contributed by atoms with Crippen molar-refractivity contribution in [2.45, 2.75) is 19.9 Å². The van der Waals surface area contributed by atoms with Crippen LogP contribution in [0.5, 0.6) is 0 Å². The highest BCUT2D eigenvalue weighted by Crippen LogP contribution is 2.27. The molecule has 118 valence electrons. The molecule has 2 N–H and O–H groups in total. The predicted molar refractivity (Wildman–Crippen MR) is 92.9 cm³/mol. The largest absolute Gasteiger partial charge is 0.369 e. The van der Waals surface area contributed by atoms with Crippen molar-refractivity contribution in [1.29, 1.82) is 0 Å². The highest BCUT2D eigenvalue weighted by atomic mass is 35.5. The van der Waals surface area contributed by atoms with Crippen molar-refractivity contribution in [3.8, 4) is 0 Å². The van der Waals surface area contributed by atoms with Crippen LogP contribution in [0, 0.1) is 6.92 Å². The van der Waals surface area contributed by atoms with Crippen LogP contribution in [-0.2, 0) is 17.8 Å². The number of fused-ring (bicyclic) bond motifs is 1. The van der Waals surface area contributed by atoms with E-state index in [9.17, 15) is 4.79 Å². The third-order valence-electron chi connectivity index (χ3n) is 3.75. The van der Waals surface area contributed by atoms with E-state index in [0.29, 0.717) is 16.6 Å². The average Bonchev–Trinajstić information content (AvgIpc) is 2.78. The summed E-state index contributed by atoms with van der Waals surface area (Å²) >= 11 is 12.5. The number of primary amides is 1. The molecule has 0 atom stereocenters. The number of carbonyl (C=O) groups excluding carboxylic acids is 1. The number of nitrogens with two attached hydrogens (primary N) is 1. The van der Waals surface area contributed by atoms with E-state index in [0.717, 1.165) is 27.7 Å². The normalized spacial score (nSPS) is 11.1. The second-order valence-corrected chi connectivity index (χ2v) is 6.25. The maximum atomic E-state index is 11.1.